The van der Waals surface area contributed by atoms with E-state index in [-0.39, 0.29) is 5.91 Å². The minimum Gasteiger partial charge on any atom is -0.383 e. The number of nitrogens with zero attached hydrogens (tertiary/aromatic N) is 3. The zero-order chi connectivity index (χ0) is 14.7. The lowest BCUT2D eigenvalue weighted by molar-refractivity contribution is 0.0443. The first-order chi connectivity index (χ1) is 9.52. The van der Waals surface area contributed by atoms with Crippen molar-refractivity contribution in [3.63, 3.8) is 0 Å². The zero-order valence-corrected chi connectivity index (χ0v) is 13.9. The Balaban J connectivity index is 1.93. The van der Waals surface area contributed by atoms with Gasteiger partial charge in [0.25, 0.3) is 5.91 Å². The summed E-state index contributed by atoms with van der Waals surface area (Å²) in [6.45, 7) is 6.25. The molecular formula is C14H22BrN3O2. The molecule has 1 fully saturated rings. The molecule has 1 atom stereocenters. The number of amides is 1. The van der Waals surface area contributed by atoms with Gasteiger partial charge in [0.2, 0.25) is 0 Å². The van der Waals surface area contributed by atoms with E-state index in [1.807, 2.05) is 28.8 Å². The molecule has 2 rings (SSSR count). The van der Waals surface area contributed by atoms with Gasteiger partial charge in [0.15, 0.2) is 0 Å². The maximum atomic E-state index is 12.5. The lowest BCUT2D eigenvalue weighted by atomic mass is 10.2. The molecule has 112 valence electrons. The lowest BCUT2D eigenvalue weighted by Gasteiger charge is -2.37. The third kappa shape index (κ3) is 3.42. The Morgan fingerprint density at radius 2 is 2.05 bits per heavy atom. The number of methoxy groups -OCH3 is 1. The number of halogens is 1. The highest BCUT2D eigenvalue weighted by molar-refractivity contribution is 9.10. The Labute approximate surface area is 128 Å². The molecule has 0 radical (unpaired) electrons. The average Bonchev–Trinajstić information content (AvgIpc) is 2.77. The summed E-state index contributed by atoms with van der Waals surface area (Å²) >= 11 is 3.41. The highest BCUT2D eigenvalue weighted by atomic mass is 79.9. The van der Waals surface area contributed by atoms with Gasteiger partial charge in [-0.25, -0.2) is 0 Å². The number of aryl methyl sites for hydroxylation is 1. The maximum absolute atomic E-state index is 12.5. The summed E-state index contributed by atoms with van der Waals surface area (Å²) < 4.78 is 8.00. The first-order valence-electron chi connectivity index (χ1n) is 6.87. The monoisotopic (exact) mass is 343 g/mol. The third-order valence-electron chi connectivity index (χ3n) is 3.82. The maximum Gasteiger partial charge on any atom is 0.270 e. The van der Waals surface area contributed by atoms with E-state index in [1.165, 1.54) is 0 Å². The van der Waals surface area contributed by atoms with E-state index >= 15 is 0 Å². The second-order valence-electron chi connectivity index (χ2n) is 5.29. The van der Waals surface area contributed by atoms with Crippen LogP contribution in [0.5, 0.6) is 0 Å². The van der Waals surface area contributed by atoms with Crippen LogP contribution in [0.4, 0.5) is 0 Å². The number of ether oxygens (including phenoxy) is 1. The molecule has 1 aromatic rings. The van der Waals surface area contributed by atoms with Crippen LogP contribution in [0.15, 0.2) is 16.7 Å². The number of carbonyl (C=O) groups is 1. The van der Waals surface area contributed by atoms with Crippen molar-refractivity contribution in [2.24, 2.45) is 7.05 Å². The van der Waals surface area contributed by atoms with Gasteiger partial charge in [0, 0.05) is 57.0 Å². The van der Waals surface area contributed by atoms with E-state index in [2.05, 4.69) is 27.8 Å². The predicted octanol–water partition coefficient (Wildman–Crippen LogP) is 1.58. The third-order valence-corrected chi connectivity index (χ3v) is 4.26. The van der Waals surface area contributed by atoms with Gasteiger partial charge in [-0.3, -0.25) is 9.69 Å². The highest BCUT2D eigenvalue weighted by Crippen LogP contribution is 2.17. The SMILES string of the molecule is COC[C@H](C)N1CCN(C(=O)c2cc(Br)cn2C)CC1. The van der Waals surface area contributed by atoms with Gasteiger partial charge in [-0.1, -0.05) is 0 Å². The number of hydrogen-bond acceptors (Lipinski definition) is 3. The molecule has 1 aromatic heterocycles. The van der Waals surface area contributed by atoms with Crippen molar-refractivity contribution in [2.45, 2.75) is 13.0 Å². The summed E-state index contributed by atoms with van der Waals surface area (Å²) in [5, 5.41) is 0. The molecule has 5 nitrogen and oxygen atoms in total. The molecule has 1 aliphatic heterocycles. The molecule has 1 saturated heterocycles. The van der Waals surface area contributed by atoms with Crippen LogP contribution in [0.1, 0.15) is 17.4 Å². The molecule has 1 amide bonds. The molecule has 0 saturated carbocycles. The molecule has 2 heterocycles. The molecule has 0 spiro atoms. The number of aromatic nitrogens is 1. The molecule has 0 aromatic carbocycles. The van der Waals surface area contributed by atoms with E-state index in [0.717, 1.165) is 43.0 Å². The van der Waals surface area contributed by atoms with Crippen LogP contribution < -0.4 is 0 Å². The standard InChI is InChI=1S/C14H22BrN3O2/c1-11(10-20-3)17-4-6-18(7-5-17)14(19)13-8-12(15)9-16(13)2/h8-9,11H,4-7,10H2,1-3H3/t11-/m0/s1. The Morgan fingerprint density at radius 1 is 1.40 bits per heavy atom. The van der Waals surface area contributed by atoms with Crippen molar-refractivity contribution in [2.75, 3.05) is 39.9 Å². The van der Waals surface area contributed by atoms with Crippen molar-refractivity contribution in [1.82, 2.24) is 14.4 Å². The molecule has 0 bridgehead atoms. The fraction of sp³-hybridized carbons (Fsp3) is 0.643. The van der Waals surface area contributed by atoms with Gasteiger partial charge in [0.1, 0.15) is 5.69 Å². The van der Waals surface area contributed by atoms with Crippen LogP contribution in [0.25, 0.3) is 0 Å². The summed E-state index contributed by atoms with van der Waals surface area (Å²) in [6.07, 6.45) is 1.91. The van der Waals surface area contributed by atoms with Gasteiger partial charge in [-0.2, -0.15) is 0 Å². The number of carbonyl (C=O) groups excluding carboxylic acids is 1. The lowest BCUT2D eigenvalue weighted by Crippen LogP contribution is -2.52. The zero-order valence-electron chi connectivity index (χ0n) is 12.3. The van der Waals surface area contributed by atoms with Crippen LogP contribution in [0.3, 0.4) is 0 Å². The van der Waals surface area contributed by atoms with Crippen LogP contribution in [0, 0.1) is 0 Å². The predicted molar refractivity (Wildman–Crippen MR) is 81.9 cm³/mol. The van der Waals surface area contributed by atoms with E-state index in [4.69, 9.17) is 4.74 Å². The van der Waals surface area contributed by atoms with Gasteiger partial charge >= 0.3 is 0 Å². The van der Waals surface area contributed by atoms with Gasteiger partial charge < -0.3 is 14.2 Å². The number of rotatable bonds is 4. The summed E-state index contributed by atoms with van der Waals surface area (Å²) in [4.78, 5) is 16.8. The Bertz CT molecular complexity index is 467. The first-order valence-corrected chi connectivity index (χ1v) is 7.66. The summed E-state index contributed by atoms with van der Waals surface area (Å²) in [6, 6.07) is 2.28. The van der Waals surface area contributed by atoms with E-state index in [1.54, 1.807) is 7.11 Å². The molecule has 1 aliphatic rings. The van der Waals surface area contributed by atoms with Crippen LogP contribution >= 0.6 is 15.9 Å². The van der Waals surface area contributed by atoms with Crippen molar-refractivity contribution in [3.8, 4) is 0 Å². The van der Waals surface area contributed by atoms with Crippen LogP contribution in [0.2, 0.25) is 0 Å². The smallest absolute Gasteiger partial charge is 0.270 e. The van der Waals surface area contributed by atoms with Crippen molar-refractivity contribution < 1.29 is 9.53 Å². The molecule has 20 heavy (non-hydrogen) atoms. The molecule has 0 aliphatic carbocycles. The van der Waals surface area contributed by atoms with Gasteiger partial charge in [-0.15, -0.1) is 0 Å². The van der Waals surface area contributed by atoms with Crippen LogP contribution in [-0.2, 0) is 11.8 Å². The van der Waals surface area contributed by atoms with Crippen molar-refractivity contribution in [1.29, 1.82) is 0 Å². The van der Waals surface area contributed by atoms with Crippen molar-refractivity contribution >= 4 is 21.8 Å². The fourth-order valence-corrected chi connectivity index (χ4v) is 3.14. The Kier molecular flexibility index (Phi) is 5.23. The molecule has 0 N–H and O–H groups in total. The summed E-state index contributed by atoms with van der Waals surface area (Å²) in [7, 11) is 3.62. The Morgan fingerprint density at radius 3 is 2.55 bits per heavy atom. The number of hydrogen-bond donors (Lipinski definition) is 0. The fourth-order valence-electron chi connectivity index (χ4n) is 2.61. The second kappa shape index (κ2) is 6.74. The van der Waals surface area contributed by atoms with E-state index in [0.29, 0.717) is 6.04 Å². The largest absolute Gasteiger partial charge is 0.383 e. The van der Waals surface area contributed by atoms with E-state index < -0.39 is 0 Å². The molecule has 0 unspecified atom stereocenters. The molecular weight excluding hydrogens is 322 g/mol. The summed E-state index contributed by atoms with van der Waals surface area (Å²) in [5.41, 5.74) is 0.732. The highest BCUT2D eigenvalue weighted by Gasteiger charge is 2.25. The van der Waals surface area contributed by atoms with Crippen LogP contribution in [-0.4, -0.2) is 66.2 Å². The summed E-state index contributed by atoms with van der Waals surface area (Å²) in [5.74, 6) is 0.109. The minimum atomic E-state index is 0.109. The van der Waals surface area contributed by atoms with E-state index in [9.17, 15) is 4.79 Å². The quantitative estimate of drug-likeness (QED) is 0.832. The minimum absolute atomic E-state index is 0.109. The number of piperazine rings is 1. The first kappa shape index (κ1) is 15.5. The van der Waals surface area contributed by atoms with Gasteiger partial charge in [0.05, 0.1) is 6.61 Å². The Hall–Kier alpha value is -0.850. The molecule has 6 heteroatoms. The topological polar surface area (TPSA) is 37.7 Å². The van der Waals surface area contributed by atoms with Gasteiger partial charge in [-0.05, 0) is 28.9 Å². The normalized spacial score (nSPS) is 18.3. The second-order valence-corrected chi connectivity index (χ2v) is 6.20. The average molecular weight is 344 g/mol. The van der Waals surface area contributed by atoms with Crippen molar-refractivity contribution in [3.05, 3.63) is 22.4 Å².